The van der Waals surface area contributed by atoms with Gasteiger partial charge in [0.15, 0.2) is 0 Å². The van der Waals surface area contributed by atoms with Crippen molar-refractivity contribution in [2.45, 2.75) is 70.4 Å². The Bertz CT molecular complexity index is 421. The number of nitrogens with one attached hydrogen (secondary N) is 1. The molecule has 1 fully saturated rings. The van der Waals surface area contributed by atoms with Crippen LogP contribution < -0.4 is 5.32 Å². The quantitative estimate of drug-likeness (QED) is 0.770. The number of likely N-dealkylation sites (N-methyl/N-ethyl adjacent to an activating group) is 1. The minimum atomic E-state index is -0.0428. The van der Waals surface area contributed by atoms with Gasteiger partial charge in [-0.15, -0.1) is 0 Å². The third-order valence-corrected chi connectivity index (χ3v) is 4.98. The summed E-state index contributed by atoms with van der Waals surface area (Å²) in [5.41, 5.74) is 2.76. The average Bonchev–Trinajstić information content (AvgIpc) is 2.79. The van der Waals surface area contributed by atoms with Crippen molar-refractivity contribution in [2.24, 2.45) is 0 Å². The highest BCUT2D eigenvalue weighted by Crippen LogP contribution is 2.40. The van der Waals surface area contributed by atoms with Gasteiger partial charge in [-0.25, -0.2) is 0 Å². The Labute approximate surface area is 130 Å². The fourth-order valence-electron chi connectivity index (χ4n) is 3.74. The van der Waals surface area contributed by atoms with Crippen molar-refractivity contribution in [1.29, 1.82) is 0 Å². The summed E-state index contributed by atoms with van der Waals surface area (Å²) in [6.07, 6.45) is 8.67. The molecule has 0 heterocycles. The fraction of sp³-hybridized carbons (Fsp3) is 0.684. The minimum Gasteiger partial charge on any atom is -0.376 e. The number of ether oxygens (including phenoxy) is 1. The van der Waals surface area contributed by atoms with E-state index in [4.69, 9.17) is 4.74 Å². The molecule has 0 saturated heterocycles. The van der Waals surface area contributed by atoms with Crippen LogP contribution in [0.4, 0.5) is 0 Å². The Morgan fingerprint density at radius 3 is 2.43 bits per heavy atom. The number of methoxy groups -OCH3 is 1. The zero-order chi connectivity index (χ0) is 15.1. The van der Waals surface area contributed by atoms with Crippen molar-refractivity contribution in [3.05, 3.63) is 35.4 Å². The van der Waals surface area contributed by atoms with Crippen LogP contribution in [-0.4, -0.2) is 19.3 Å². The molecule has 0 aliphatic heterocycles. The monoisotopic (exact) mass is 289 g/mol. The summed E-state index contributed by atoms with van der Waals surface area (Å²) >= 11 is 0. The van der Waals surface area contributed by atoms with E-state index in [1.807, 2.05) is 7.11 Å². The summed E-state index contributed by atoms with van der Waals surface area (Å²) < 4.78 is 6.14. The molecule has 0 amide bonds. The maximum absolute atomic E-state index is 6.14. The van der Waals surface area contributed by atoms with Crippen LogP contribution >= 0.6 is 0 Å². The van der Waals surface area contributed by atoms with Gasteiger partial charge in [0.05, 0.1) is 11.6 Å². The fourth-order valence-corrected chi connectivity index (χ4v) is 3.74. The number of rotatable bonds is 6. The smallest absolute Gasteiger partial charge is 0.0872 e. The largest absolute Gasteiger partial charge is 0.376 e. The first kappa shape index (κ1) is 16.5. The third-order valence-electron chi connectivity index (χ3n) is 4.98. The number of hydrogen-bond acceptors (Lipinski definition) is 2. The van der Waals surface area contributed by atoms with Gasteiger partial charge in [-0.1, -0.05) is 63.8 Å². The van der Waals surface area contributed by atoms with E-state index < -0.39 is 0 Å². The van der Waals surface area contributed by atoms with E-state index in [0.717, 1.165) is 25.8 Å². The average molecular weight is 289 g/mol. The van der Waals surface area contributed by atoms with E-state index in [2.05, 4.69) is 43.4 Å². The summed E-state index contributed by atoms with van der Waals surface area (Å²) in [7, 11) is 1.90. The van der Waals surface area contributed by atoms with Gasteiger partial charge in [-0.05, 0) is 36.9 Å². The third kappa shape index (κ3) is 3.87. The summed E-state index contributed by atoms with van der Waals surface area (Å²) in [5, 5.41) is 3.71. The van der Waals surface area contributed by atoms with Gasteiger partial charge in [0.2, 0.25) is 0 Å². The molecular formula is C19H31NO. The molecule has 1 atom stereocenters. The lowest BCUT2D eigenvalue weighted by Gasteiger charge is -2.40. The number of hydrogen-bond donors (Lipinski definition) is 1. The summed E-state index contributed by atoms with van der Waals surface area (Å²) in [6, 6.07) is 9.34. The number of aryl methyl sites for hydroxylation is 1. The van der Waals surface area contributed by atoms with Crippen LogP contribution in [0.2, 0.25) is 0 Å². The Kier molecular flexibility index (Phi) is 6.25. The van der Waals surface area contributed by atoms with Crippen LogP contribution in [0.3, 0.4) is 0 Å². The summed E-state index contributed by atoms with van der Waals surface area (Å²) in [6.45, 7) is 5.39. The van der Waals surface area contributed by atoms with Crippen molar-refractivity contribution in [3.8, 4) is 0 Å². The van der Waals surface area contributed by atoms with Gasteiger partial charge in [-0.3, -0.25) is 0 Å². The van der Waals surface area contributed by atoms with Crippen LogP contribution in [0.1, 0.15) is 69.5 Å². The highest BCUT2D eigenvalue weighted by Gasteiger charge is 2.39. The van der Waals surface area contributed by atoms with Gasteiger partial charge in [0, 0.05) is 7.11 Å². The molecule has 1 saturated carbocycles. The first-order valence-corrected chi connectivity index (χ1v) is 8.63. The van der Waals surface area contributed by atoms with E-state index in [1.54, 1.807) is 0 Å². The van der Waals surface area contributed by atoms with Crippen LogP contribution in [0.15, 0.2) is 24.3 Å². The van der Waals surface area contributed by atoms with Crippen molar-refractivity contribution in [1.82, 2.24) is 5.32 Å². The van der Waals surface area contributed by atoms with Crippen LogP contribution in [0.5, 0.6) is 0 Å². The van der Waals surface area contributed by atoms with E-state index >= 15 is 0 Å². The SMILES string of the molecule is CCNC(c1cccc(CC)c1)C1(OC)CCCCCC1. The molecule has 2 heteroatoms. The highest BCUT2D eigenvalue weighted by atomic mass is 16.5. The molecule has 2 rings (SSSR count). The van der Waals surface area contributed by atoms with Crippen molar-refractivity contribution >= 4 is 0 Å². The van der Waals surface area contributed by atoms with Gasteiger partial charge >= 0.3 is 0 Å². The van der Waals surface area contributed by atoms with E-state index in [-0.39, 0.29) is 5.60 Å². The lowest BCUT2D eigenvalue weighted by molar-refractivity contribution is -0.0537. The summed E-state index contributed by atoms with van der Waals surface area (Å²) in [5.74, 6) is 0. The topological polar surface area (TPSA) is 21.3 Å². The van der Waals surface area contributed by atoms with Crippen LogP contribution in [0, 0.1) is 0 Å². The molecule has 1 aliphatic carbocycles. The maximum Gasteiger partial charge on any atom is 0.0872 e. The Balaban J connectivity index is 2.34. The molecule has 1 aromatic carbocycles. The molecule has 118 valence electrons. The molecular weight excluding hydrogens is 258 g/mol. The van der Waals surface area contributed by atoms with Crippen LogP contribution in [0.25, 0.3) is 0 Å². The van der Waals surface area contributed by atoms with Gasteiger partial charge in [-0.2, -0.15) is 0 Å². The van der Waals surface area contributed by atoms with Crippen LogP contribution in [-0.2, 0) is 11.2 Å². The van der Waals surface area contributed by atoms with Gasteiger partial charge in [0.25, 0.3) is 0 Å². The zero-order valence-corrected chi connectivity index (χ0v) is 14.0. The highest BCUT2D eigenvalue weighted by molar-refractivity contribution is 5.28. The van der Waals surface area contributed by atoms with Gasteiger partial charge < -0.3 is 10.1 Å². The van der Waals surface area contributed by atoms with Crippen molar-refractivity contribution < 1.29 is 4.74 Å². The molecule has 1 unspecified atom stereocenters. The molecule has 0 aromatic heterocycles. The second kappa shape index (κ2) is 7.95. The van der Waals surface area contributed by atoms with Gasteiger partial charge in [0.1, 0.15) is 0 Å². The predicted octanol–water partition coefficient (Wildman–Crippen LogP) is 4.64. The second-order valence-corrected chi connectivity index (χ2v) is 6.27. The van der Waals surface area contributed by atoms with E-state index in [9.17, 15) is 0 Å². The normalized spacial score (nSPS) is 20.0. The van der Waals surface area contributed by atoms with Crippen molar-refractivity contribution in [3.63, 3.8) is 0 Å². The standard InChI is InChI=1S/C19H31NO/c1-4-16-11-10-12-17(15-16)18(20-5-2)19(21-3)13-8-6-7-9-14-19/h10-12,15,18,20H,4-9,13-14H2,1-3H3. The Morgan fingerprint density at radius 1 is 1.14 bits per heavy atom. The molecule has 0 bridgehead atoms. The molecule has 1 aliphatic rings. The first-order valence-electron chi connectivity index (χ1n) is 8.63. The predicted molar refractivity (Wildman–Crippen MR) is 89.7 cm³/mol. The van der Waals surface area contributed by atoms with E-state index in [0.29, 0.717) is 6.04 Å². The molecule has 1 N–H and O–H groups in total. The maximum atomic E-state index is 6.14. The minimum absolute atomic E-state index is 0.0428. The lowest BCUT2D eigenvalue weighted by Crippen LogP contribution is -2.45. The zero-order valence-electron chi connectivity index (χ0n) is 14.0. The first-order chi connectivity index (χ1) is 10.3. The van der Waals surface area contributed by atoms with Crippen molar-refractivity contribution in [2.75, 3.05) is 13.7 Å². The Morgan fingerprint density at radius 2 is 1.86 bits per heavy atom. The Hall–Kier alpha value is -0.860. The molecule has 0 radical (unpaired) electrons. The molecule has 1 aromatic rings. The van der Waals surface area contributed by atoms with E-state index in [1.165, 1.54) is 36.8 Å². The molecule has 21 heavy (non-hydrogen) atoms. The number of benzene rings is 1. The second-order valence-electron chi connectivity index (χ2n) is 6.27. The molecule has 2 nitrogen and oxygen atoms in total. The summed E-state index contributed by atoms with van der Waals surface area (Å²) in [4.78, 5) is 0. The lowest BCUT2D eigenvalue weighted by atomic mass is 9.81. The molecule has 0 spiro atoms.